The third kappa shape index (κ3) is 5.03. The number of aromatic nitrogens is 1. The monoisotopic (exact) mass is 318 g/mol. The number of carbonyl (C=O) groups excluding carboxylic acids is 2. The van der Waals surface area contributed by atoms with Crippen molar-refractivity contribution in [1.29, 1.82) is 0 Å². The molecule has 0 N–H and O–H groups in total. The molecule has 6 heteroatoms. The van der Waals surface area contributed by atoms with Crippen LogP contribution in [0.4, 0.5) is 0 Å². The molecule has 0 radical (unpaired) electrons. The van der Waals surface area contributed by atoms with Crippen LogP contribution in [0.1, 0.15) is 12.0 Å². The second-order valence-corrected chi connectivity index (χ2v) is 6.41. The molecule has 0 spiro atoms. The zero-order chi connectivity index (χ0) is 16.8. The predicted molar refractivity (Wildman–Crippen MR) is 88.8 cm³/mol. The fourth-order valence-electron chi connectivity index (χ4n) is 2.74. The van der Waals surface area contributed by atoms with Crippen molar-refractivity contribution in [3.05, 3.63) is 30.1 Å². The van der Waals surface area contributed by atoms with E-state index in [0.717, 1.165) is 18.5 Å². The maximum Gasteiger partial charge on any atom is 0.227 e. The van der Waals surface area contributed by atoms with Crippen molar-refractivity contribution in [3.8, 4) is 0 Å². The molecule has 1 atom stereocenters. The summed E-state index contributed by atoms with van der Waals surface area (Å²) in [6, 6.07) is 3.92. The van der Waals surface area contributed by atoms with Crippen molar-refractivity contribution in [2.45, 2.75) is 12.8 Å². The number of likely N-dealkylation sites (N-methyl/N-ethyl adjacent to an activating group) is 2. The quantitative estimate of drug-likeness (QED) is 0.734. The number of likely N-dealkylation sites (tertiary alicyclic amines) is 1. The maximum atomic E-state index is 12.5. The van der Waals surface area contributed by atoms with Crippen LogP contribution in [-0.4, -0.2) is 78.8 Å². The summed E-state index contributed by atoms with van der Waals surface area (Å²) in [4.78, 5) is 34.1. The minimum Gasteiger partial charge on any atom is -0.345 e. The van der Waals surface area contributed by atoms with E-state index in [1.54, 1.807) is 22.2 Å². The van der Waals surface area contributed by atoms with E-state index in [-0.39, 0.29) is 17.7 Å². The van der Waals surface area contributed by atoms with Gasteiger partial charge in [-0.1, -0.05) is 0 Å². The fraction of sp³-hybridized carbons (Fsp3) is 0.588. The number of rotatable bonds is 7. The average Bonchev–Trinajstić information content (AvgIpc) is 2.91. The normalized spacial score (nSPS) is 17.8. The summed E-state index contributed by atoms with van der Waals surface area (Å²) in [5, 5.41) is 0. The van der Waals surface area contributed by atoms with Gasteiger partial charge in [0, 0.05) is 52.0 Å². The second-order valence-electron chi connectivity index (χ2n) is 6.41. The summed E-state index contributed by atoms with van der Waals surface area (Å²) in [5.41, 5.74) is 1.16. The summed E-state index contributed by atoms with van der Waals surface area (Å²) in [5.74, 6) is -0.0420. The summed E-state index contributed by atoms with van der Waals surface area (Å²) in [7, 11) is 5.78. The predicted octanol–water partition coefficient (Wildman–Crippen LogP) is 0.493. The zero-order valence-corrected chi connectivity index (χ0v) is 14.2. The highest BCUT2D eigenvalue weighted by molar-refractivity contribution is 5.89. The topological polar surface area (TPSA) is 56.8 Å². The first-order chi connectivity index (χ1) is 11.0. The summed E-state index contributed by atoms with van der Waals surface area (Å²) >= 11 is 0. The van der Waals surface area contributed by atoms with Gasteiger partial charge in [-0.25, -0.2) is 0 Å². The van der Waals surface area contributed by atoms with E-state index in [2.05, 4.69) is 4.98 Å². The Kier molecular flexibility index (Phi) is 6.10. The molecular formula is C17H26N4O2. The van der Waals surface area contributed by atoms with E-state index >= 15 is 0 Å². The van der Waals surface area contributed by atoms with E-state index < -0.39 is 0 Å². The Morgan fingerprint density at radius 1 is 1.26 bits per heavy atom. The van der Waals surface area contributed by atoms with Gasteiger partial charge in [0.15, 0.2) is 0 Å². The van der Waals surface area contributed by atoms with Crippen LogP contribution < -0.4 is 0 Å². The van der Waals surface area contributed by atoms with Crippen LogP contribution in [0.15, 0.2) is 24.5 Å². The molecule has 2 heterocycles. The van der Waals surface area contributed by atoms with Gasteiger partial charge in [-0.15, -0.1) is 0 Å². The Labute approximate surface area is 138 Å². The van der Waals surface area contributed by atoms with E-state index in [1.807, 2.05) is 38.2 Å². The van der Waals surface area contributed by atoms with Gasteiger partial charge in [-0.3, -0.25) is 14.6 Å². The first-order valence-corrected chi connectivity index (χ1v) is 8.03. The van der Waals surface area contributed by atoms with Crippen molar-refractivity contribution in [2.24, 2.45) is 5.92 Å². The van der Waals surface area contributed by atoms with Crippen LogP contribution in [0, 0.1) is 5.92 Å². The molecule has 1 unspecified atom stereocenters. The smallest absolute Gasteiger partial charge is 0.227 e. The van der Waals surface area contributed by atoms with Crippen LogP contribution in [0.2, 0.25) is 0 Å². The molecule has 126 valence electrons. The molecule has 2 amide bonds. The summed E-state index contributed by atoms with van der Waals surface area (Å²) < 4.78 is 0. The Morgan fingerprint density at radius 3 is 2.61 bits per heavy atom. The van der Waals surface area contributed by atoms with E-state index in [4.69, 9.17) is 0 Å². The highest BCUT2D eigenvalue weighted by Gasteiger charge is 2.35. The number of nitrogens with zero attached hydrogens (tertiary/aromatic N) is 4. The zero-order valence-electron chi connectivity index (χ0n) is 14.2. The number of hydrogen-bond acceptors (Lipinski definition) is 4. The highest BCUT2D eigenvalue weighted by atomic mass is 16.2. The number of carbonyl (C=O) groups is 2. The SMILES string of the molecule is CN(C)CCN1CC(C(=O)N(C)CCc2ccncc2)CC1=O. The molecule has 1 aromatic heterocycles. The molecule has 0 bridgehead atoms. The molecular weight excluding hydrogens is 292 g/mol. The molecule has 1 aromatic rings. The molecule has 2 rings (SSSR count). The van der Waals surface area contributed by atoms with E-state index in [9.17, 15) is 9.59 Å². The number of pyridine rings is 1. The van der Waals surface area contributed by atoms with Gasteiger partial charge in [0.05, 0.1) is 5.92 Å². The molecule has 1 saturated heterocycles. The van der Waals surface area contributed by atoms with Crippen LogP contribution in [-0.2, 0) is 16.0 Å². The van der Waals surface area contributed by atoms with Crippen molar-refractivity contribution >= 4 is 11.8 Å². The Hall–Kier alpha value is -1.95. The highest BCUT2D eigenvalue weighted by Crippen LogP contribution is 2.19. The second kappa shape index (κ2) is 8.06. The lowest BCUT2D eigenvalue weighted by Crippen LogP contribution is -2.37. The fourth-order valence-corrected chi connectivity index (χ4v) is 2.74. The standard InChI is InChI=1S/C17H26N4O2/c1-19(2)10-11-21-13-15(12-16(21)22)17(23)20(3)9-6-14-4-7-18-8-5-14/h4-5,7-8,15H,6,9-13H2,1-3H3. The van der Waals surface area contributed by atoms with Crippen molar-refractivity contribution in [2.75, 3.05) is 47.3 Å². The van der Waals surface area contributed by atoms with E-state index in [1.165, 1.54) is 0 Å². The van der Waals surface area contributed by atoms with Gasteiger partial charge in [-0.2, -0.15) is 0 Å². The first-order valence-electron chi connectivity index (χ1n) is 8.03. The van der Waals surface area contributed by atoms with Gasteiger partial charge in [0.25, 0.3) is 0 Å². The minimum atomic E-state index is -0.202. The van der Waals surface area contributed by atoms with Crippen LogP contribution >= 0.6 is 0 Å². The third-order valence-corrected chi connectivity index (χ3v) is 4.24. The lowest BCUT2D eigenvalue weighted by Gasteiger charge is -2.22. The summed E-state index contributed by atoms with van der Waals surface area (Å²) in [6.07, 6.45) is 4.66. The Balaban J connectivity index is 1.81. The van der Waals surface area contributed by atoms with E-state index in [0.29, 0.717) is 26.1 Å². The molecule has 6 nitrogen and oxygen atoms in total. The average molecular weight is 318 g/mol. The number of amides is 2. The lowest BCUT2D eigenvalue weighted by atomic mass is 10.1. The van der Waals surface area contributed by atoms with Gasteiger partial charge in [0.1, 0.15) is 0 Å². The van der Waals surface area contributed by atoms with Gasteiger partial charge in [-0.05, 0) is 38.2 Å². The Bertz CT molecular complexity index is 533. The van der Waals surface area contributed by atoms with Gasteiger partial charge in [0.2, 0.25) is 11.8 Å². The van der Waals surface area contributed by atoms with Gasteiger partial charge >= 0.3 is 0 Å². The maximum absolute atomic E-state index is 12.5. The molecule has 23 heavy (non-hydrogen) atoms. The minimum absolute atomic E-state index is 0.0692. The van der Waals surface area contributed by atoms with Crippen molar-refractivity contribution < 1.29 is 9.59 Å². The lowest BCUT2D eigenvalue weighted by molar-refractivity contribution is -0.134. The molecule has 1 fully saturated rings. The molecule has 0 saturated carbocycles. The molecule has 1 aliphatic rings. The van der Waals surface area contributed by atoms with Crippen LogP contribution in [0.25, 0.3) is 0 Å². The third-order valence-electron chi connectivity index (χ3n) is 4.24. The summed E-state index contributed by atoms with van der Waals surface area (Å²) in [6.45, 7) is 2.72. The Morgan fingerprint density at radius 2 is 1.96 bits per heavy atom. The first kappa shape index (κ1) is 17.4. The van der Waals surface area contributed by atoms with Gasteiger partial charge < -0.3 is 14.7 Å². The molecule has 0 aliphatic carbocycles. The van der Waals surface area contributed by atoms with Crippen molar-refractivity contribution in [1.82, 2.24) is 19.7 Å². The molecule has 0 aromatic carbocycles. The number of hydrogen-bond donors (Lipinski definition) is 0. The van der Waals surface area contributed by atoms with Crippen molar-refractivity contribution in [3.63, 3.8) is 0 Å². The largest absolute Gasteiger partial charge is 0.345 e. The van der Waals surface area contributed by atoms with Crippen LogP contribution in [0.3, 0.4) is 0 Å². The van der Waals surface area contributed by atoms with Crippen LogP contribution in [0.5, 0.6) is 0 Å². The molecule has 1 aliphatic heterocycles.